The summed E-state index contributed by atoms with van der Waals surface area (Å²) in [5.74, 6) is -2.65. The van der Waals surface area contributed by atoms with Gasteiger partial charge in [-0.05, 0) is 35.9 Å². The third kappa shape index (κ3) is 4.51. The van der Waals surface area contributed by atoms with Gasteiger partial charge < -0.3 is 8.98 Å². The molecule has 0 fully saturated rings. The van der Waals surface area contributed by atoms with Gasteiger partial charge in [0, 0.05) is 23.3 Å². The lowest BCUT2D eigenvalue weighted by atomic mass is 10.2. The normalized spacial score (nSPS) is 12.3. The number of para-hydroxylation sites is 2. The van der Waals surface area contributed by atoms with Crippen LogP contribution >= 0.6 is 15.9 Å². The van der Waals surface area contributed by atoms with Crippen LogP contribution in [-0.2, 0) is 22.1 Å². The van der Waals surface area contributed by atoms with Crippen molar-refractivity contribution in [3.05, 3.63) is 88.5 Å². The van der Waals surface area contributed by atoms with Crippen molar-refractivity contribution in [1.29, 1.82) is 0 Å². The molecular formula is C24H16BrF2N3O3S. The minimum absolute atomic E-state index is 0.0180. The van der Waals surface area contributed by atoms with Gasteiger partial charge in [0.1, 0.15) is 22.9 Å². The van der Waals surface area contributed by atoms with Crippen molar-refractivity contribution in [3.63, 3.8) is 0 Å². The summed E-state index contributed by atoms with van der Waals surface area (Å²) in [4.78, 5) is 16.8. The van der Waals surface area contributed by atoms with Gasteiger partial charge in [-0.15, -0.1) is 0 Å². The maximum Gasteiger partial charge on any atom is 0.302 e. The van der Waals surface area contributed by atoms with E-state index >= 15 is 0 Å². The molecule has 0 spiro atoms. The second-order valence-corrected chi connectivity index (χ2v) is 9.89. The number of nitrogens with one attached hydrogen (secondary N) is 1. The van der Waals surface area contributed by atoms with Crippen LogP contribution in [0.15, 0.2) is 80.6 Å². The van der Waals surface area contributed by atoms with E-state index in [2.05, 4.69) is 26.2 Å². The van der Waals surface area contributed by atoms with Crippen molar-refractivity contribution in [2.24, 2.45) is 0 Å². The van der Waals surface area contributed by atoms with Crippen LogP contribution < -0.4 is 5.32 Å². The van der Waals surface area contributed by atoms with Crippen LogP contribution in [0.1, 0.15) is 5.56 Å². The molecule has 1 atom stereocenters. The van der Waals surface area contributed by atoms with Crippen LogP contribution in [0.5, 0.6) is 0 Å². The lowest BCUT2D eigenvalue weighted by Gasteiger charge is -2.06. The number of fused-ring (bicyclic) bond motifs is 2. The van der Waals surface area contributed by atoms with Crippen molar-refractivity contribution < 1.29 is 22.2 Å². The molecule has 1 unspecified atom stereocenters. The van der Waals surface area contributed by atoms with E-state index in [0.29, 0.717) is 17.6 Å². The van der Waals surface area contributed by atoms with E-state index in [-0.39, 0.29) is 21.8 Å². The molecule has 0 radical (unpaired) electrons. The first-order valence-corrected chi connectivity index (χ1v) is 12.2. The SMILES string of the molecule is O=C(CS(=O)c1cn(Cc2cccc(Br)c2)c2cc(F)cc(F)c12)Nc1nc2ccccc2o1. The number of halogens is 3. The minimum atomic E-state index is -1.91. The number of aromatic nitrogens is 2. The summed E-state index contributed by atoms with van der Waals surface area (Å²) in [6, 6.07) is 16.4. The van der Waals surface area contributed by atoms with E-state index in [0.717, 1.165) is 16.1 Å². The monoisotopic (exact) mass is 543 g/mol. The Kier molecular flexibility index (Phi) is 6.01. The fourth-order valence-electron chi connectivity index (χ4n) is 3.72. The Hall–Kier alpha value is -3.37. The predicted octanol–water partition coefficient (Wildman–Crippen LogP) is 5.62. The van der Waals surface area contributed by atoms with Crippen LogP contribution in [-0.4, -0.2) is 25.4 Å². The van der Waals surface area contributed by atoms with Crippen molar-refractivity contribution in [2.75, 3.05) is 11.1 Å². The first kappa shape index (κ1) is 22.4. The molecule has 10 heteroatoms. The molecule has 5 rings (SSSR count). The topological polar surface area (TPSA) is 77.1 Å². The van der Waals surface area contributed by atoms with E-state index in [1.807, 2.05) is 24.3 Å². The summed E-state index contributed by atoms with van der Waals surface area (Å²) >= 11 is 3.41. The fraction of sp³-hybridized carbons (Fsp3) is 0.0833. The summed E-state index contributed by atoms with van der Waals surface area (Å²) in [7, 11) is -1.91. The standard InChI is InChI=1S/C24H16BrF2N3O3S/c25-15-5-3-4-14(8-15)11-30-12-21(23-17(27)9-16(26)10-19(23)30)34(32)13-22(31)29-24-28-18-6-1-2-7-20(18)33-24/h1-10,12H,11,13H2,(H,28,29,31). The highest BCUT2D eigenvalue weighted by atomic mass is 79.9. The average Bonchev–Trinajstić information content (AvgIpc) is 3.34. The lowest BCUT2D eigenvalue weighted by molar-refractivity contribution is -0.114. The number of hydrogen-bond acceptors (Lipinski definition) is 4. The number of rotatable bonds is 6. The molecule has 1 N–H and O–H groups in total. The molecule has 6 nitrogen and oxygen atoms in total. The lowest BCUT2D eigenvalue weighted by Crippen LogP contribution is -2.19. The van der Waals surface area contributed by atoms with Crippen molar-refractivity contribution in [2.45, 2.75) is 11.4 Å². The summed E-state index contributed by atoms with van der Waals surface area (Å²) in [6.07, 6.45) is 1.50. The maximum atomic E-state index is 14.8. The van der Waals surface area contributed by atoms with Gasteiger partial charge in [0.2, 0.25) is 5.91 Å². The minimum Gasteiger partial charge on any atom is -0.423 e. The molecule has 0 aliphatic carbocycles. The van der Waals surface area contributed by atoms with Crippen molar-refractivity contribution in [1.82, 2.24) is 9.55 Å². The molecular weight excluding hydrogens is 528 g/mol. The second-order valence-electron chi connectivity index (χ2n) is 7.56. The smallest absolute Gasteiger partial charge is 0.302 e. The van der Waals surface area contributed by atoms with Gasteiger partial charge in [0.05, 0.1) is 26.6 Å². The van der Waals surface area contributed by atoms with E-state index in [1.165, 1.54) is 12.3 Å². The van der Waals surface area contributed by atoms with Crippen molar-refractivity contribution in [3.8, 4) is 0 Å². The molecule has 2 heterocycles. The zero-order valence-electron chi connectivity index (χ0n) is 17.4. The molecule has 1 amide bonds. The van der Waals surface area contributed by atoms with E-state index in [9.17, 15) is 17.8 Å². The highest BCUT2D eigenvalue weighted by Gasteiger charge is 2.21. The molecule has 0 bridgehead atoms. The number of nitrogens with zero attached hydrogens (tertiary/aromatic N) is 2. The largest absolute Gasteiger partial charge is 0.423 e. The highest BCUT2D eigenvalue weighted by molar-refractivity contribution is 9.10. The zero-order chi connectivity index (χ0) is 23.8. The number of hydrogen-bond donors (Lipinski definition) is 1. The Labute approximate surface area is 203 Å². The fourth-order valence-corrected chi connectivity index (χ4v) is 5.31. The molecule has 0 aliphatic heterocycles. The molecule has 0 saturated carbocycles. The van der Waals surface area contributed by atoms with Gasteiger partial charge in [-0.25, -0.2) is 8.78 Å². The van der Waals surface area contributed by atoms with E-state index in [1.54, 1.807) is 28.8 Å². The zero-order valence-corrected chi connectivity index (χ0v) is 19.8. The summed E-state index contributed by atoms with van der Waals surface area (Å²) in [6.45, 7) is 0.297. The van der Waals surface area contributed by atoms with Gasteiger partial charge in [-0.3, -0.25) is 14.3 Å². The number of amides is 1. The molecule has 0 saturated heterocycles. The van der Waals surface area contributed by atoms with Gasteiger partial charge in [0.15, 0.2) is 5.58 Å². The van der Waals surface area contributed by atoms with Crippen LogP contribution in [0, 0.1) is 11.6 Å². The van der Waals surface area contributed by atoms with Gasteiger partial charge in [0.25, 0.3) is 0 Å². The Balaban J connectivity index is 1.43. The predicted molar refractivity (Wildman–Crippen MR) is 129 cm³/mol. The number of carbonyl (C=O) groups excluding carboxylic acids is 1. The molecule has 3 aromatic carbocycles. The quantitative estimate of drug-likeness (QED) is 0.301. The Bertz CT molecular complexity index is 1550. The number of oxazole rings is 1. The summed E-state index contributed by atoms with van der Waals surface area (Å²) < 4.78 is 49.8. The van der Waals surface area contributed by atoms with E-state index < -0.39 is 34.1 Å². The van der Waals surface area contributed by atoms with Gasteiger partial charge in [-0.2, -0.15) is 4.98 Å². The number of anilines is 1. The molecule has 0 aliphatic rings. The van der Waals surface area contributed by atoms with Crippen LogP contribution in [0.25, 0.3) is 22.0 Å². The second kappa shape index (κ2) is 9.11. The maximum absolute atomic E-state index is 14.8. The first-order chi connectivity index (χ1) is 16.4. The summed E-state index contributed by atoms with van der Waals surface area (Å²) in [5.41, 5.74) is 2.19. The third-order valence-electron chi connectivity index (χ3n) is 5.15. The van der Waals surface area contributed by atoms with Gasteiger partial charge >= 0.3 is 6.01 Å². The van der Waals surface area contributed by atoms with Gasteiger partial charge in [-0.1, -0.05) is 40.2 Å². The molecule has 5 aromatic rings. The number of carbonyl (C=O) groups is 1. The third-order valence-corrected chi connectivity index (χ3v) is 6.97. The van der Waals surface area contributed by atoms with Crippen LogP contribution in [0.3, 0.4) is 0 Å². The first-order valence-electron chi connectivity index (χ1n) is 10.1. The highest BCUT2D eigenvalue weighted by Crippen LogP contribution is 2.29. The molecule has 2 aromatic heterocycles. The van der Waals surface area contributed by atoms with Crippen LogP contribution in [0.4, 0.5) is 14.8 Å². The summed E-state index contributed by atoms with van der Waals surface area (Å²) in [5, 5.41) is 2.50. The van der Waals surface area contributed by atoms with Crippen LogP contribution in [0.2, 0.25) is 0 Å². The Morgan fingerprint density at radius 1 is 1.12 bits per heavy atom. The Morgan fingerprint density at radius 2 is 1.94 bits per heavy atom. The van der Waals surface area contributed by atoms with Crippen molar-refractivity contribution >= 4 is 60.7 Å². The molecule has 34 heavy (non-hydrogen) atoms. The Morgan fingerprint density at radius 3 is 2.74 bits per heavy atom. The number of benzene rings is 3. The average molecular weight is 544 g/mol. The van der Waals surface area contributed by atoms with E-state index in [4.69, 9.17) is 4.42 Å². The molecule has 172 valence electrons.